The molecular weight excluding hydrogens is 395 g/mol. The first kappa shape index (κ1) is 20.3. The van der Waals surface area contributed by atoms with Crippen molar-refractivity contribution in [1.29, 1.82) is 0 Å². The van der Waals surface area contributed by atoms with Crippen LogP contribution in [0.1, 0.15) is 22.6 Å². The number of hydrogen-bond donors (Lipinski definition) is 2. The van der Waals surface area contributed by atoms with Crippen LogP contribution in [-0.4, -0.2) is 27.1 Å². The van der Waals surface area contributed by atoms with Crippen molar-refractivity contribution in [2.45, 2.75) is 26.6 Å². The Kier molecular flexibility index (Phi) is 6.65. The Hall–Kier alpha value is -2.44. The minimum absolute atomic E-state index is 0.534. The van der Waals surface area contributed by atoms with E-state index in [0.717, 1.165) is 18.1 Å². The Bertz CT molecular complexity index is 973. The van der Waals surface area contributed by atoms with Gasteiger partial charge in [-0.1, -0.05) is 47.5 Å². The number of aryl methyl sites for hydroxylation is 1. The van der Waals surface area contributed by atoms with E-state index in [0.29, 0.717) is 29.2 Å². The summed E-state index contributed by atoms with van der Waals surface area (Å²) in [5.41, 5.74) is 3.40. The molecule has 3 aromatic rings. The summed E-state index contributed by atoms with van der Waals surface area (Å²) in [7, 11) is 3.63. The Morgan fingerprint density at radius 3 is 2.54 bits per heavy atom. The van der Waals surface area contributed by atoms with Crippen LogP contribution < -0.4 is 10.6 Å². The summed E-state index contributed by atoms with van der Waals surface area (Å²) in [6.45, 7) is 4.06. The summed E-state index contributed by atoms with van der Waals surface area (Å²) in [5.74, 6) is 1.72. The fourth-order valence-electron chi connectivity index (χ4n) is 2.94. The van der Waals surface area contributed by atoms with Crippen molar-refractivity contribution < 1.29 is 0 Å². The van der Waals surface area contributed by atoms with Crippen LogP contribution in [0.5, 0.6) is 0 Å². The van der Waals surface area contributed by atoms with Crippen LogP contribution in [0.15, 0.2) is 47.7 Å². The highest BCUT2D eigenvalue weighted by atomic mass is 35.5. The normalized spacial score (nSPS) is 11.7. The Morgan fingerprint density at radius 2 is 1.89 bits per heavy atom. The number of nitrogens with one attached hydrogen (secondary N) is 2. The van der Waals surface area contributed by atoms with E-state index in [9.17, 15) is 0 Å². The van der Waals surface area contributed by atoms with Gasteiger partial charge >= 0.3 is 0 Å². The van der Waals surface area contributed by atoms with E-state index in [1.807, 2.05) is 37.0 Å². The minimum atomic E-state index is 0.534. The van der Waals surface area contributed by atoms with Crippen molar-refractivity contribution in [1.82, 2.24) is 24.8 Å². The van der Waals surface area contributed by atoms with E-state index in [1.165, 1.54) is 11.1 Å². The van der Waals surface area contributed by atoms with Crippen molar-refractivity contribution >= 4 is 29.2 Å². The van der Waals surface area contributed by atoms with Crippen molar-refractivity contribution in [2.75, 3.05) is 7.05 Å². The van der Waals surface area contributed by atoms with Gasteiger partial charge in [0.25, 0.3) is 0 Å². The van der Waals surface area contributed by atoms with Gasteiger partial charge in [-0.2, -0.15) is 0 Å². The van der Waals surface area contributed by atoms with Gasteiger partial charge in [-0.25, -0.2) is 4.98 Å². The van der Waals surface area contributed by atoms with Crippen LogP contribution >= 0.6 is 23.2 Å². The molecule has 0 aliphatic rings. The quantitative estimate of drug-likeness (QED) is 0.473. The smallest absolute Gasteiger partial charge is 0.191 e. The van der Waals surface area contributed by atoms with E-state index in [1.54, 1.807) is 7.05 Å². The van der Waals surface area contributed by atoms with Crippen LogP contribution in [0.3, 0.4) is 0 Å². The SMILES string of the molecule is CN=C(NCc1cccc(Cn2ccnc2C)c1)NCc1cc(Cl)c(Cl)n1C. The lowest BCUT2D eigenvalue weighted by molar-refractivity contribution is 0.746. The van der Waals surface area contributed by atoms with Crippen LogP contribution in [0.4, 0.5) is 0 Å². The number of imidazole rings is 1. The van der Waals surface area contributed by atoms with E-state index < -0.39 is 0 Å². The lowest BCUT2D eigenvalue weighted by Gasteiger charge is -2.13. The van der Waals surface area contributed by atoms with Gasteiger partial charge in [-0.05, 0) is 24.1 Å². The third-order valence-corrected chi connectivity index (χ3v) is 5.45. The molecule has 0 spiro atoms. The Morgan fingerprint density at radius 1 is 1.14 bits per heavy atom. The van der Waals surface area contributed by atoms with Gasteiger partial charge in [0.2, 0.25) is 0 Å². The van der Waals surface area contributed by atoms with Gasteiger partial charge in [0.15, 0.2) is 5.96 Å². The molecule has 0 saturated heterocycles. The number of aliphatic imine (C=N–C) groups is 1. The summed E-state index contributed by atoms with van der Waals surface area (Å²) < 4.78 is 3.98. The van der Waals surface area contributed by atoms with Gasteiger partial charge < -0.3 is 19.8 Å². The predicted octanol–water partition coefficient (Wildman–Crippen LogP) is 3.75. The second-order valence-corrected chi connectivity index (χ2v) is 7.30. The maximum Gasteiger partial charge on any atom is 0.191 e. The highest BCUT2D eigenvalue weighted by Crippen LogP contribution is 2.24. The molecular formula is C20H24Cl2N6. The number of halogens is 2. The van der Waals surface area contributed by atoms with Crippen molar-refractivity contribution in [3.63, 3.8) is 0 Å². The van der Waals surface area contributed by atoms with Gasteiger partial charge in [-0.3, -0.25) is 4.99 Å². The molecule has 6 nitrogen and oxygen atoms in total. The summed E-state index contributed by atoms with van der Waals surface area (Å²) in [4.78, 5) is 8.55. The number of benzene rings is 1. The molecule has 0 saturated carbocycles. The fourth-order valence-corrected chi connectivity index (χ4v) is 3.36. The average Bonchev–Trinajstić information content (AvgIpc) is 3.20. The molecule has 0 radical (unpaired) electrons. The van der Waals surface area contributed by atoms with Gasteiger partial charge in [0.05, 0.1) is 11.6 Å². The molecule has 2 N–H and O–H groups in total. The molecule has 1 aromatic carbocycles. The van der Waals surface area contributed by atoms with Crippen LogP contribution in [0, 0.1) is 6.92 Å². The molecule has 0 bridgehead atoms. The molecule has 0 atom stereocenters. The molecule has 2 aromatic heterocycles. The van der Waals surface area contributed by atoms with Crippen molar-refractivity contribution in [3.05, 3.63) is 75.5 Å². The number of hydrogen-bond acceptors (Lipinski definition) is 2. The zero-order valence-electron chi connectivity index (χ0n) is 16.2. The second kappa shape index (κ2) is 9.17. The Balaban J connectivity index is 1.57. The summed E-state index contributed by atoms with van der Waals surface area (Å²) >= 11 is 12.2. The molecule has 0 fully saturated rings. The van der Waals surface area contributed by atoms with Gasteiger partial charge in [0.1, 0.15) is 11.0 Å². The minimum Gasteiger partial charge on any atom is -0.352 e. The standard InChI is InChI=1S/C20H24Cl2N6/c1-14-24-7-8-28(14)13-16-6-4-5-15(9-16)11-25-20(23-2)26-12-17-10-18(21)19(22)27(17)3/h4-10H,11-13H2,1-3H3,(H2,23,25,26). The molecule has 3 rings (SSSR count). The topological polar surface area (TPSA) is 59.2 Å². The zero-order chi connectivity index (χ0) is 20.1. The van der Waals surface area contributed by atoms with E-state index in [2.05, 4.69) is 49.4 Å². The van der Waals surface area contributed by atoms with Crippen LogP contribution in [-0.2, 0) is 26.7 Å². The maximum absolute atomic E-state index is 6.12. The largest absolute Gasteiger partial charge is 0.352 e. The van der Waals surface area contributed by atoms with Crippen molar-refractivity contribution in [3.8, 4) is 0 Å². The number of aromatic nitrogens is 3. The third kappa shape index (κ3) is 4.88. The molecule has 2 heterocycles. The highest BCUT2D eigenvalue weighted by molar-refractivity contribution is 6.41. The van der Waals surface area contributed by atoms with E-state index >= 15 is 0 Å². The first-order chi connectivity index (χ1) is 13.5. The summed E-state index contributed by atoms with van der Waals surface area (Å²) in [6.07, 6.45) is 3.82. The average molecular weight is 419 g/mol. The number of nitrogens with zero attached hydrogens (tertiary/aromatic N) is 4. The van der Waals surface area contributed by atoms with Crippen LogP contribution in [0.2, 0.25) is 10.2 Å². The molecule has 0 unspecified atom stereocenters. The second-order valence-electron chi connectivity index (χ2n) is 6.54. The molecule has 8 heteroatoms. The number of guanidine groups is 1. The fraction of sp³-hybridized carbons (Fsp3) is 0.300. The number of rotatable bonds is 6. The molecule has 148 valence electrons. The molecule has 0 amide bonds. The molecule has 28 heavy (non-hydrogen) atoms. The van der Waals surface area contributed by atoms with Crippen LogP contribution in [0.25, 0.3) is 0 Å². The molecule has 0 aliphatic carbocycles. The molecule has 0 aliphatic heterocycles. The predicted molar refractivity (Wildman–Crippen MR) is 115 cm³/mol. The highest BCUT2D eigenvalue weighted by Gasteiger charge is 2.09. The first-order valence-electron chi connectivity index (χ1n) is 8.97. The first-order valence-corrected chi connectivity index (χ1v) is 9.73. The lowest BCUT2D eigenvalue weighted by Crippen LogP contribution is -2.36. The van der Waals surface area contributed by atoms with E-state index in [-0.39, 0.29) is 0 Å². The van der Waals surface area contributed by atoms with Gasteiger partial charge in [0, 0.05) is 45.3 Å². The third-order valence-electron chi connectivity index (χ3n) is 4.60. The summed E-state index contributed by atoms with van der Waals surface area (Å²) in [6, 6.07) is 10.3. The van der Waals surface area contributed by atoms with Crippen molar-refractivity contribution in [2.24, 2.45) is 12.0 Å². The zero-order valence-corrected chi connectivity index (χ0v) is 17.7. The Labute approximate surface area is 175 Å². The maximum atomic E-state index is 6.12. The van der Waals surface area contributed by atoms with Gasteiger partial charge in [-0.15, -0.1) is 0 Å². The lowest BCUT2D eigenvalue weighted by atomic mass is 10.1. The monoisotopic (exact) mass is 418 g/mol. The summed E-state index contributed by atoms with van der Waals surface area (Å²) in [5, 5.41) is 7.71. The van der Waals surface area contributed by atoms with E-state index in [4.69, 9.17) is 23.2 Å².